The van der Waals surface area contributed by atoms with Crippen LogP contribution >= 0.6 is 0 Å². The van der Waals surface area contributed by atoms with Crippen LogP contribution in [0, 0.1) is 6.92 Å². The third-order valence-electron chi connectivity index (χ3n) is 1.54. The molecule has 0 saturated heterocycles. The first-order valence-electron chi connectivity index (χ1n) is 4.53. The Morgan fingerprint density at radius 1 is 1.15 bits per heavy atom. The molecule has 0 bridgehead atoms. The summed E-state index contributed by atoms with van der Waals surface area (Å²) in [6, 6.07) is 7.47. The van der Waals surface area contributed by atoms with E-state index in [1.807, 2.05) is 45.0 Å². The lowest BCUT2D eigenvalue weighted by Crippen LogP contribution is -2.17. The van der Waals surface area contributed by atoms with Crippen molar-refractivity contribution in [3.05, 3.63) is 35.4 Å². The van der Waals surface area contributed by atoms with E-state index in [9.17, 15) is 4.79 Å². The fourth-order valence-corrected chi connectivity index (χ4v) is 0.849. The Balaban J connectivity index is 0.000000671. The van der Waals surface area contributed by atoms with Gasteiger partial charge in [0.25, 0.3) is 5.91 Å². The fraction of sp³-hybridized carbons (Fsp3) is 0.364. The molecular weight excluding hydrogens is 162 g/mol. The quantitative estimate of drug-likeness (QED) is 0.704. The number of benzene rings is 1. The Bertz CT molecular complexity index is 251. The highest BCUT2D eigenvalue weighted by Gasteiger charge is 1.99. The van der Waals surface area contributed by atoms with Crippen LogP contribution in [0.1, 0.15) is 29.8 Å². The van der Waals surface area contributed by atoms with E-state index in [-0.39, 0.29) is 5.91 Å². The standard InChI is InChI=1S/C9H11NO.C2H6/c1-7-3-5-8(6-4-7)9(11)10-2;1-2/h3-6H,1-2H3,(H,10,11);1-2H3. The molecule has 0 aromatic heterocycles. The molecule has 0 fully saturated rings. The van der Waals surface area contributed by atoms with Gasteiger partial charge in [0.2, 0.25) is 0 Å². The smallest absolute Gasteiger partial charge is 0.251 e. The topological polar surface area (TPSA) is 29.1 Å². The Morgan fingerprint density at radius 2 is 1.62 bits per heavy atom. The number of aryl methyl sites for hydroxylation is 1. The first kappa shape index (κ1) is 11.7. The summed E-state index contributed by atoms with van der Waals surface area (Å²) < 4.78 is 0. The Kier molecular flexibility index (Phi) is 5.60. The van der Waals surface area contributed by atoms with Gasteiger partial charge < -0.3 is 5.32 Å². The highest BCUT2D eigenvalue weighted by atomic mass is 16.1. The van der Waals surface area contributed by atoms with Gasteiger partial charge in [-0.3, -0.25) is 4.79 Å². The molecule has 1 N–H and O–H groups in total. The van der Waals surface area contributed by atoms with Crippen molar-refractivity contribution < 1.29 is 4.79 Å². The van der Waals surface area contributed by atoms with Gasteiger partial charge in [0.05, 0.1) is 0 Å². The number of hydrogen-bond donors (Lipinski definition) is 1. The van der Waals surface area contributed by atoms with Crippen molar-refractivity contribution in [3.63, 3.8) is 0 Å². The molecule has 1 aromatic carbocycles. The van der Waals surface area contributed by atoms with Crippen molar-refractivity contribution in [2.45, 2.75) is 20.8 Å². The summed E-state index contributed by atoms with van der Waals surface area (Å²) in [4.78, 5) is 11.0. The van der Waals surface area contributed by atoms with Crippen molar-refractivity contribution in [1.82, 2.24) is 5.32 Å². The van der Waals surface area contributed by atoms with E-state index in [0.717, 1.165) is 5.56 Å². The second kappa shape index (κ2) is 6.23. The van der Waals surface area contributed by atoms with Crippen LogP contribution < -0.4 is 5.32 Å². The molecule has 0 atom stereocenters. The van der Waals surface area contributed by atoms with E-state index in [2.05, 4.69) is 5.32 Å². The minimum atomic E-state index is -0.0370. The first-order chi connectivity index (χ1) is 6.24. The molecule has 0 unspecified atom stereocenters. The second-order valence-electron chi connectivity index (χ2n) is 2.45. The van der Waals surface area contributed by atoms with Gasteiger partial charge in [0.15, 0.2) is 0 Å². The molecule has 0 saturated carbocycles. The SMILES string of the molecule is CC.CNC(=O)c1ccc(C)cc1. The van der Waals surface area contributed by atoms with Gasteiger partial charge >= 0.3 is 0 Å². The normalized spacial score (nSPS) is 8.31. The summed E-state index contributed by atoms with van der Waals surface area (Å²) in [5, 5.41) is 2.56. The van der Waals surface area contributed by atoms with Gasteiger partial charge in [-0.15, -0.1) is 0 Å². The molecule has 0 heterocycles. The van der Waals surface area contributed by atoms with Crippen LogP contribution in [0.2, 0.25) is 0 Å². The van der Waals surface area contributed by atoms with Crippen LogP contribution in [0.15, 0.2) is 24.3 Å². The largest absolute Gasteiger partial charge is 0.355 e. The first-order valence-corrected chi connectivity index (χ1v) is 4.53. The number of amides is 1. The molecule has 1 amide bonds. The molecular formula is C11H17NO. The van der Waals surface area contributed by atoms with E-state index in [1.54, 1.807) is 7.05 Å². The number of rotatable bonds is 1. The van der Waals surface area contributed by atoms with E-state index < -0.39 is 0 Å². The van der Waals surface area contributed by atoms with E-state index in [1.165, 1.54) is 0 Å². The minimum absolute atomic E-state index is 0.0370. The number of carbonyl (C=O) groups is 1. The zero-order valence-electron chi connectivity index (χ0n) is 8.72. The summed E-state index contributed by atoms with van der Waals surface area (Å²) >= 11 is 0. The van der Waals surface area contributed by atoms with E-state index in [0.29, 0.717) is 5.56 Å². The summed E-state index contributed by atoms with van der Waals surface area (Å²) in [5.74, 6) is -0.0370. The maximum Gasteiger partial charge on any atom is 0.251 e. The predicted molar refractivity (Wildman–Crippen MR) is 55.9 cm³/mol. The molecule has 0 aliphatic rings. The number of carbonyl (C=O) groups excluding carboxylic acids is 1. The summed E-state index contributed by atoms with van der Waals surface area (Å²) in [6.45, 7) is 5.99. The van der Waals surface area contributed by atoms with Crippen LogP contribution in [0.25, 0.3) is 0 Å². The van der Waals surface area contributed by atoms with Crippen molar-refractivity contribution >= 4 is 5.91 Å². The molecule has 1 rings (SSSR count). The van der Waals surface area contributed by atoms with Gasteiger partial charge in [-0.05, 0) is 19.1 Å². The molecule has 13 heavy (non-hydrogen) atoms. The lowest BCUT2D eigenvalue weighted by Gasteiger charge is -1.98. The molecule has 0 aliphatic carbocycles. The van der Waals surface area contributed by atoms with E-state index >= 15 is 0 Å². The maximum atomic E-state index is 11.0. The Labute approximate surface area is 80.0 Å². The summed E-state index contributed by atoms with van der Waals surface area (Å²) in [6.07, 6.45) is 0. The average molecular weight is 179 g/mol. The molecule has 2 heteroatoms. The Morgan fingerprint density at radius 3 is 2.00 bits per heavy atom. The molecule has 2 nitrogen and oxygen atoms in total. The van der Waals surface area contributed by atoms with E-state index in [4.69, 9.17) is 0 Å². The molecule has 0 radical (unpaired) electrons. The second-order valence-corrected chi connectivity index (χ2v) is 2.45. The van der Waals surface area contributed by atoms with Crippen LogP contribution in [-0.4, -0.2) is 13.0 Å². The Hall–Kier alpha value is -1.31. The van der Waals surface area contributed by atoms with Gasteiger partial charge in [0, 0.05) is 12.6 Å². The number of nitrogens with one attached hydrogen (secondary N) is 1. The van der Waals surface area contributed by atoms with Crippen LogP contribution in [-0.2, 0) is 0 Å². The molecule has 0 spiro atoms. The minimum Gasteiger partial charge on any atom is -0.355 e. The summed E-state index contributed by atoms with van der Waals surface area (Å²) in [5.41, 5.74) is 1.87. The predicted octanol–water partition coefficient (Wildman–Crippen LogP) is 2.38. The number of hydrogen-bond acceptors (Lipinski definition) is 1. The molecule has 72 valence electrons. The third-order valence-corrected chi connectivity index (χ3v) is 1.54. The van der Waals surface area contributed by atoms with Crippen molar-refractivity contribution in [3.8, 4) is 0 Å². The monoisotopic (exact) mass is 179 g/mol. The zero-order chi connectivity index (χ0) is 10.3. The maximum absolute atomic E-state index is 11.0. The van der Waals surface area contributed by atoms with Crippen molar-refractivity contribution in [2.24, 2.45) is 0 Å². The van der Waals surface area contributed by atoms with Gasteiger partial charge in [0.1, 0.15) is 0 Å². The van der Waals surface area contributed by atoms with Gasteiger partial charge in [-0.2, -0.15) is 0 Å². The molecule has 1 aromatic rings. The zero-order valence-corrected chi connectivity index (χ0v) is 8.72. The van der Waals surface area contributed by atoms with Gasteiger partial charge in [-0.25, -0.2) is 0 Å². The third kappa shape index (κ3) is 3.74. The van der Waals surface area contributed by atoms with Crippen LogP contribution in [0.5, 0.6) is 0 Å². The highest BCUT2D eigenvalue weighted by molar-refractivity contribution is 5.93. The van der Waals surface area contributed by atoms with Crippen LogP contribution in [0.4, 0.5) is 0 Å². The highest BCUT2D eigenvalue weighted by Crippen LogP contribution is 2.01. The molecule has 0 aliphatic heterocycles. The lowest BCUT2D eigenvalue weighted by atomic mass is 10.1. The average Bonchev–Trinajstić information content (AvgIpc) is 2.21. The van der Waals surface area contributed by atoms with Crippen LogP contribution in [0.3, 0.4) is 0 Å². The van der Waals surface area contributed by atoms with Crippen molar-refractivity contribution in [1.29, 1.82) is 0 Å². The summed E-state index contributed by atoms with van der Waals surface area (Å²) in [7, 11) is 1.63. The lowest BCUT2D eigenvalue weighted by molar-refractivity contribution is 0.0963. The van der Waals surface area contributed by atoms with Gasteiger partial charge in [-0.1, -0.05) is 31.5 Å². The van der Waals surface area contributed by atoms with Crippen molar-refractivity contribution in [2.75, 3.05) is 7.05 Å². The fourth-order valence-electron chi connectivity index (χ4n) is 0.849.